The molecule has 0 radical (unpaired) electrons. The molecule has 0 spiro atoms. The smallest absolute Gasteiger partial charge is 0.387 e. The van der Waals surface area contributed by atoms with Gasteiger partial charge >= 0.3 is 12.6 Å². The maximum absolute atomic E-state index is 12.3. The molecule has 1 heterocycles. The van der Waals surface area contributed by atoms with Crippen LogP contribution in [0.3, 0.4) is 0 Å². The molecule has 0 bridgehead atoms. The van der Waals surface area contributed by atoms with Gasteiger partial charge in [-0.05, 0) is 12.1 Å². The summed E-state index contributed by atoms with van der Waals surface area (Å²) in [5.41, 5.74) is 0.324. The summed E-state index contributed by atoms with van der Waals surface area (Å²) >= 11 is 0. The van der Waals surface area contributed by atoms with E-state index < -0.39 is 6.61 Å². The van der Waals surface area contributed by atoms with Crippen molar-refractivity contribution in [3.8, 4) is 5.75 Å². The third-order valence-electron chi connectivity index (χ3n) is 2.47. The zero-order valence-electron chi connectivity index (χ0n) is 11.6. The Labute approximate surface area is 120 Å². The molecular formula is C13H16F2N4O2. The first-order valence-corrected chi connectivity index (χ1v) is 6.41. The van der Waals surface area contributed by atoms with Crippen molar-refractivity contribution < 1.29 is 17.9 Å². The van der Waals surface area contributed by atoms with Crippen LogP contribution in [0.2, 0.25) is 0 Å². The van der Waals surface area contributed by atoms with E-state index in [1.54, 1.807) is 18.2 Å². The second-order valence-corrected chi connectivity index (χ2v) is 4.54. The number of para-hydroxylation sites is 2. The first-order valence-electron chi connectivity index (χ1n) is 6.41. The summed E-state index contributed by atoms with van der Waals surface area (Å²) in [5.74, 6) is 0.408. The number of benzene rings is 1. The van der Waals surface area contributed by atoms with Crippen molar-refractivity contribution in [3.05, 3.63) is 30.2 Å². The number of hydrogen-bond acceptors (Lipinski definition) is 6. The summed E-state index contributed by atoms with van der Waals surface area (Å²) in [7, 11) is 0. The summed E-state index contributed by atoms with van der Waals surface area (Å²) in [4.78, 5) is 0. The lowest BCUT2D eigenvalue weighted by atomic mass is 10.3. The van der Waals surface area contributed by atoms with Gasteiger partial charge in [0.1, 0.15) is 5.75 Å². The minimum Gasteiger partial charge on any atom is -0.433 e. The fourth-order valence-corrected chi connectivity index (χ4v) is 1.55. The van der Waals surface area contributed by atoms with Crippen molar-refractivity contribution in [3.63, 3.8) is 0 Å². The molecular weight excluding hydrogens is 282 g/mol. The third kappa shape index (κ3) is 4.67. The van der Waals surface area contributed by atoms with Gasteiger partial charge < -0.3 is 19.8 Å². The van der Waals surface area contributed by atoms with Crippen LogP contribution < -0.4 is 15.4 Å². The summed E-state index contributed by atoms with van der Waals surface area (Å²) in [6.45, 7) is 1.52. The minimum atomic E-state index is -2.90. The molecule has 1 aromatic heterocycles. The topological polar surface area (TPSA) is 72.2 Å². The van der Waals surface area contributed by atoms with Crippen LogP contribution >= 0.6 is 0 Å². The molecule has 1 aromatic carbocycles. The Morgan fingerprint density at radius 2 is 2.00 bits per heavy atom. The van der Waals surface area contributed by atoms with E-state index in [-0.39, 0.29) is 17.8 Å². The molecule has 0 fully saturated rings. The standard InChI is InChI=1S/C13H16F2N4O2/c1-8(2)16-7-11-18-19-13(21-11)17-9-5-3-4-6-10(9)20-12(14)15/h3-6,8,12,16H,7H2,1-2H3,(H,17,19). The lowest BCUT2D eigenvalue weighted by Gasteiger charge is -2.09. The highest BCUT2D eigenvalue weighted by Crippen LogP contribution is 2.28. The maximum atomic E-state index is 12.3. The number of ether oxygens (including phenoxy) is 1. The molecule has 0 unspecified atom stereocenters. The van der Waals surface area contributed by atoms with Crippen LogP contribution in [0.4, 0.5) is 20.5 Å². The summed E-state index contributed by atoms with van der Waals surface area (Å²) < 4.78 is 34.4. The lowest BCUT2D eigenvalue weighted by Crippen LogP contribution is -2.21. The average molecular weight is 298 g/mol. The number of alkyl halides is 2. The van der Waals surface area contributed by atoms with Gasteiger partial charge in [0.05, 0.1) is 12.2 Å². The van der Waals surface area contributed by atoms with E-state index in [9.17, 15) is 8.78 Å². The fourth-order valence-electron chi connectivity index (χ4n) is 1.55. The molecule has 2 rings (SSSR count). The van der Waals surface area contributed by atoms with Crippen LogP contribution in [0, 0.1) is 0 Å². The molecule has 0 aliphatic carbocycles. The molecule has 0 saturated carbocycles. The number of nitrogens with zero attached hydrogens (tertiary/aromatic N) is 2. The maximum Gasteiger partial charge on any atom is 0.387 e. The quantitative estimate of drug-likeness (QED) is 0.819. The van der Waals surface area contributed by atoms with Crippen LogP contribution in [-0.4, -0.2) is 22.9 Å². The van der Waals surface area contributed by atoms with Gasteiger partial charge in [-0.25, -0.2) is 0 Å². The van der Waals surface area contributed by atoms with Crippen molar-refractivity contribution in [2.24, 2.45) is 0 Å². The van der Waals surface area contributed by atoms with E-state index in [0.717, 1.165) is 0 Å². The molecule has 114 valence electrons. The number of nitrogens with one attached hydrogen (secondary N) is 2. The Morgan fingerprint density at radius 1 is 1.24 bits per heavy atom. The molecule has 6 nitrogen and oxygen atoms in total. The molecule has 0 saturated heterocycles. The van der Waals surface area contributed by atoms with Crippen molar-refractivity contribution in [1.82, 2.24) is 15.5 Å². The van der Waals surface area contributed by atoms with Crippen LogP contribution in [0.5, 0.6) is 5.75 Å². The van der Waals surface area contributed by atoms with Crippen molar-refractivity contribution in [2.45, 2.75) is 33.0 Å². The fraction of sp³-hybridized carbons (Fsp3) is 0.385. The molecule has 0 aliphatic rings. The van der Waals surface area contributed by atoms with Gasteiger partial charge in [0.25, 0.3) is 0 Å². The molecule has 2 N–H and O–H groups in total. The highest BCUT2D eigenvalue weighted by molar-refractivity contribution is 5.61. The van der Waals surface area contributed by atoms with Crippen LogP contribution in [0.15, 0.2) is 28.7 Å². The largest absolute Gasteiger partial charge is 0.433 e. The molecule has 21 heavy (non-hydrogen) atoms. The average Bonchev–Trinajstić information content (AvgIpc) is 2.86. The van der Waals surface area contributed by atoms with E-state index >= 15 is 0 Å². The third-order valence-corrected chi connectivity index (χ3v) is 2.47. The summed E-state index contributed by atoms with van der Waals surface area (Å²) in [6, 6.07) is 6.67. The number of hydrogen-bond donors (Lipinski definition) is 2. The highest BCUT2D eigenvalue weighted by Gasteiger charge is 2.12. The predicted molar refractivity (Wildman–Crippen MR) is 72.6 cm³/mol. The van der Waals surface area contributed by atoms with Crippen molar-refractivity contribution >= 4 is 11.7 Å². The van der Waals surface area contributed by atoms with Gasteiger partial charge in [-0.2, -0.15) is 8.78 Å². The van der Waals surface area contributed by atoms with Crippen molar-refractivity contribution in [1.29, 1.82) is 0 Å². The Kier molecular flexibility index (Phi) is 5.04. The second kappa shape index (κ2) is 6.98. The van der Waals surface area contributed by atoms with E-state index in [1.807, 2.05) is 13.8 Å². The molecule has 8 heteroatoms. The van der Waals surface area contributed by atoms with Crippen LogP contribution in [0.1, 0.15) is 19.7 Å². The molecule has 0 atom stereocenters. The van der Waals surface area contributed by atoms with E-state index in [2.05, 4.69) is 25.6 Å². The van der Waals surface area contributed by atoms with Crippen LogP contribution in [-0.2, 0) is 6.54 Å². The Morgan fingerprint density at radius 3 is 2.71 bits per heavy atom. The number of halogens is 2. The number of rotatable bonds is 7. The van der Waals surface area contributed by atoms with Crippen molar-refractivity contribution in [2.75, 3.05) is 5.32 Å². The van der Waals surface area contributed by atoms with E-state index in [4.69, 9.17) is 4.42 Å². The Hall–Kier alpha value is -2.22. The number of anilines is 2. The Bertz CT molecular complexity index is 575. The molecule has 0 amide bonds. The van der Waals surface area contributed by atoms with Gasteiger partial charge in [0, 0.05) is 6.04 Å². The summed E-state index contributed by atoms with van der Waals surface area (Å²) in [6.07, 6.45) is 0. The predicted octanol–water partition coefficient (Wildman–Crippen LogP) is 2.91. The lowest BCUT2D eigenvalue weighted by molar-refractivity contribution is -0.0493. The zero-order chi connectivity index (χ0) is 15.2. The van der Waals surface area contributed by atoms with Gasteiger partial charge in [0.2, 0.25) is 5.89 Å². The zero-order valence-corrected chi connectivity index (χ0v) is 11.6. The van der Waals surface area contributed by atoms with E-state index in [1.165, 1.54) is 6.07 Å². The van der Waals surface area contributed by atoms with Gasteiger partial charge in [-0.1, -0.05) is 31.1 Å². The normalized spacial score (nSPS) is 11.1. The first kappa shape index (κ1) is 15.2. The highest BCUT2D eigenvalue weighted by atomic mass is 19.3. The molecule has 2 aromatic rings. The summed E-state index contributed by atoms with van der Waals surface area (Å²) in [5, 5.41) is 13.5. The van der Waals surface area contributed by atoms with Gasteiger partial charge in [0.15, 0.2) is 0 Å². The van der Waals surface area contributed by atoms with E-state index in [0.29, 0.717) is 18.1 Å². The van der Waals surface area contributed by atoms with Crippen LogP contribution in [0.25, 0.3) is 0 Å². The number of aromatic nitrogens is 2. The first-order chi connectivity index (χ1) is 10.0. The molecule has 0 aliphatic heterocycles. The SMILES string of the molecule is CC(C)NCc1nnc(Nc2ccccc2OC(F)F)o1. The Balaban J connectivity index is 2.04. The van der Waals surface area contributed by atoms with Gasteiger partial charge in [-0.15, -0.1) is 5.10 Å². The monoisotopic (exact) mass is 298 g/mol. The van der Waals surface area contributed by atoms with Gasteiger partial charge in [-0.3, -0.25) is 0 Å². The second-order valence-electron chi connectivity index (χ2n) is 4.54. The minimum absolute atomic E-state index is 0.00700.